The molecule has 5 heteroatoms. The highest BCUT2D eigenvalue weighted by molar-refractivity contribution is 5.79. The Morgan fingerprint density at radius 1 is 1.14 bits per heavy atom. The zero-order valence-corrected chi connectivity index (χ0v) is 13.9. The predicted molar refractivity (Wildman–Crippen MR) is 84.7 cm³/mol. The van der Waals surface area contributed by atoms with E-state index in [1.807, 2.05) is 0 Å². The second kappa shape index (κ2) is 7.28. The molecule has 3 aliphatic rings. The molecule has 0 spiro atoms. The zero-order valence-electron chi connectivity index (χ0n) is 13.9. The number of amides is 1. The number of nitrogens with zero attached hydrogens (tertiary/aromatic N) is 1. The fraction of sp³-hybridized carbons (Fsp3) is 0.941. The summed E-state index contributed by atoms with van der Waals surface area (Å²) < 4.78 is 11.5. The van der Waals surface area contributed by atoms with Crippen LogP contribution in [0.1, 0.15) is 46.0 Å². The normalized spacial score (nSPS) is 38.4. The van der Waals surface area contributed by atoms with Crippen molar-refractivity contribution in [2.75, 3.05) is 26.2 Å². The number of nitrogens with one attached hydrogen (secondary N) is 1. The van der Waals surface area contributed by atoms with Gasteiger partial charge < -0.3 is 14.8 Å². The molecular formula is C17H30N2O3. The van der Waals surface area contributed by atoms with Gasteiger partial charge in [-0.1, -0.05) is 0 Å². The second-order valence-corrected chi connectivity index (χ2v) is 7.23. The number of ether oxygens (including phenoxy) is 2. The van der Waals surface area contributed by atoms with Crippen LogP contribution in [0.25, 0.3) is 0 Å². The van der Waals surface area contributed by atoms with Gasteiger partial charge in [-0.3, -0.25) is 9.69 Å². The topological polar surface area (TPSA) is 50.8 Å². The summed E-state index contributed by atoms with van der Waals surface area (Å²) >= 11 is 0. The highest BCUT2D eigenvalue weighted by atomic mass is 16.5. The molecule has 2 bridgehead atoms. The molecular weight excluding hydrogens is 280 g/mol. The van der Waals surface area contributed by atoms with Crippen LogP contribution in [0.5, 0.6) is 0 Å². The number of rotatable bonds is 6. The summed E-state index contributed by atoms with van der Waals surface area (Å²) in [5, 5.41) is 3.10. The van der Waals surface area contributed by atoms with Crippen LogP contribution in [0.4, 0.5) is 0 Å². The molecule has 1 N–H and O–H groups in total. The molecule has 0 aromatic heterocycles. The van der Waals surface area contributed by atoms with E-state index >= 15 is 0 Å². The molecule has 0 aromatic rings. The van der Waals surface area contributed by atoms with Crippen molar-refractivity contribution in [1.29, 1.82) is 0 Å². The molecule has 0 unspecified atom stereocenters. The maximum Gasteiger partial charge on any atom is 0.225 e. The molecule has 3 rings (SSSR count). The highest BCUT2D eigenvalue weighted by Gasteiger charge is 2.44. The molecule has 1 amide bonds. The first kappa shape index (κ1) is 16.2. The van der Waals surface area contributed by atoms with Crippen molar-refractivity contribution in [2.45, 2.75) is 70.4 Å². The lowest BCUT2D eigenvalue weighted by atomic mass is 9.88. The van der Waals surface area contributed by atoms with Gasteiger partial charge in [-0.15, -0.1) is 0 Å². The van der Waals surface area contributed by atoms with Crippen molar-refractivity contribution in [3.63, 3.8) is 0 Å². The number of hydrogen-bond donors (Lipinski definition) is 1. The molecule has 0 aromatic carbocycles. The van der Waals surface area contributed by atoms with E-state index in [-0.39, 0.29) is 17.9 Å². The molecule has 22 heavy (non-hydrogen) atoms. The van der Waals surface area contributed by atoms with E-state index in [0.29, 0.717) is 18.3 Å². The monoisotopic (exact) mass is 310 g/mol. The summed E-state index contributed by atoms with van der Waals surface area (Å²) in [7, 11) is 0. The molecule has 5 atom stereocenters. The number of fused-ring (bicyclic) bond motifs is 2. The maximum atomic E-state index is 12.2. The summed E-state index contributed by atoms with van der Waals surface area (Å²) in [5.74, 6) is 0.320. The van der Waals surface area contributed by atoms with Gasteiger partial charge in [0.25, 0.3) is 0 Å². The molecule has 3 saturated heterocycles. The van der Waals surface area contributed by atoms with Gasteiger partial charge in [-0.2, -0.15) is 0 Å². The standard InChI is InChI=1S/C17H30N2O3/c1-12-10-19(11-13(2)21-12)8-4-3-7-18-17(20)15-9-14-5-6-16(15)22-14/h12-16H,3-11H2,1-2H3,(H,18,20)/t12-,13+,14-,15-,16-/m0/s1. The van der Waals surface area contributed by atoms with Gasteiger partial charge in [0.15, 0.2) is 0 Å². The summed E-state index contributed by atoms with van der Waals surface area (Å²) in [4.78, 5) is 14.6. The van der Waals surface area contributed by atoms with Gasteiger partial charge in [-0.25, -0.2) is 0 Å². The number of unbranched alkanes of at least 4 members (excludes halogenated alkanes) is 1. The van der Waals surface area contributed by atoms with Crippen LogP contribution in [0.3, 0.4) is 0 Å². The van der Waals surface area contributed by atoms with Crippen LogP contribution in [0.2, 0.25) is 0 Å². The Labute approximate surface area is 133 Å². The van der Waals surface area contributed by atoms with E-state index in [2.05, 4.69) is 24.1 Å². The molecule has 0 radical (unpaired) electrons. The van der Waals surface area contributed by atoms with E-state index in [0.717, 1.165) is 58.3 Å². The van der Waals surface area contributed by atoms with Crippen molar-refractivity contribution in [3.05, 3.63) is 0 Å². The minimum absolute atomic E-state index is 0.111. The van der Waals surface area contributed by atoms with Gasteiger partial charge in [0.05, 0.1) is 30.3 Å². The smallest absolute Gasteiger partial charge is 0.225 e. The van der Waals surface area contributed by atoms with Gasteiger partial charge in [0.2, 0.25) is 5.91 Å². The van der Waals surface area contributed by atoms with Crippen LogP contribution >= 0.6 is 0 Å². The minimum atomic E-state index is 0.111. The molecule has 126 valence electrons. The minimum Gasteiger partial charge on any atom is -0.374 e. The average Bonchev–Trinajstić information content (AvgIpc) is 3.08. The van der Waals surface area contributed by atoms with Crippen molar-refractivity contribution in [2.24, 2.45) is 5.92 Å². The Bertz CT molecular complexity index is 380. The largest absolute Gasteiger partial charge is 0.374 e. The fourth-order valence-electron chi connectivity index (χ4n) is 4.18. The second-order valence-electron chi connectivity index (χ2n) is 7.23. The third-order valence-electron chi connectivity index (χ3n) is 5.14. The van der Waals surface area contributed by atoms with Crippen molar-refractivity contribution in [1.82, 2.24) is 10.2 Å². The van der Waals surface area contributed by atoms with E-state index < -0.39 is 0 Å². The first-order chi connectivity index (χ1) is 10.6. The zero-order chi connectivity index (χ0) is 15.5. The van der Waals surface area contributed by atoms with Crippen LogP contribution in [0, 0.1) is 5.92 Å². The Morgan fingerprint density at radius 3 is 2.55 bits per heavy atom. The Balaban J connectivity index is 1.27. The number of carbonyl (C=O) groups excluding carboxylic acids is 1. The first-order valence-electron chi connectivity index (χ1n) is 8.93. The maximum absolute atomic E-state index is 12.2. The molecule has 0 saturated carbocycles. The average molecular weight is 310 g/mol. The first-order valence-corrected chi connectivity index (χ1v) is 8.93. The van der Waals surface area contributed by atoms with Crippen LogP contribution in [-0.4, -0.2) is 61.4 Å². The van der Waals surface area contributed by atoms with E-state index in [4.69, 9.17) is 9.47 Å². The molecule has 3 aliphatic heterocycles. The third-order valence-corrected chi connectivity index (χ3v) is 5.14. The summed E-state index contributed by atoms with van der Waals surface area (Å²) in [6.45, 7) is 8.23. The highest BCUT2D eigenvalue weighted by Crippen LogP contribution is 2.38. The Hall–Kier alpha value is -0.650. The van der Waals surface area contributed by atoms with Crippen LogP contribution in [-0.2, 0) is 14.3 Å². The lowest BCUT2D eigenvalue weighted by molar-refractivity contribution is -0.126. The van der Waals surface area contributed by atoms with Gasteiger partial charge in [0.1, 0.15) is 0 Å². The third kappa shape index (κ3) is 4.00. The van der Waals surface area contributed by atoms with E-state index in [1.165, 1.54) is 0 Å². The SMILES string of the molecule is C[C@@H]1CN(CCCCNC(=O)[C@H]2C[C@@H]3CC[C@@H]2O3)C[C@H](C)O1. The molecule has 3 heterocycles. The lowest BCUT2D eigenvalue weighted by Gasteiger charge is -2.35. The van der Waals surface area contributed by atoms with E-state index in [1.54, 1.807) is 0 Å². The van der Waals surface area contributed by atoms with Crippen molar-refractivity contribution < 1.29 is 14.3 Å². The van der Waals surface area contributed by atoms with Gasteiger partial charge in [-0.05, 0) is 52.5 Å². The molecule has 0 aliphatic carbocycles. The predicted octanol–water partition coefficient (Wildman–Crippen LogP) is 1.56. The lowest BCUT2D eigenvalue weighted by Crippen LogP contribution is -2.45. The van der Waals surface area contributed by atoms with Gasteiger partial charge in [0, 0.05) is 19.6 Å². The van der Waals surface area contributed by atoms with Crippen LogP contribution in [0.15, 0.2) is 0 Å². The Morgan fingerprint density at radius 2 is 1.91 bits per heavy atom. The quantitative estimate of drug-likeness (QED) is 0.757. The van der Waals surface area contributed by atoms with Crippen molar-refractivity contribution in [3.8, 4) is 0 Å². The summed E-state index contributed by atoms with van der Waals surface area (Å²) in [6.07, 6.45) is 6.54. The number of morpholine rings is 1. The number of hydrogen-bond acceptors (Lipinski definition) is 4. The fourth-order valence-corrected chi connectivity index (χ4v) is 4.18. The van der Waals surface area contributed by atoms with E-state index in [9.17, 15) is 4.79 Å². The summed E-state index contributed by atoms with van der Waals surface area (Å²) in [5.41, 5.74) is 0. The summed E-state index contributed by atoms with van der Waals surface area (Å²) in [6, 6.07) is 0. The molecule has 3 fully saturated rings. The number of carbonyl (C=O) groups is 1. The van der Waals surface area contributed by atoms with Crippen LogP contribution < -0.4 is 5.32 Å². The Kier molecular flexibility index (Phi) is 5.37. The van der Waals surface area contributed by atoms with Gasteiger partial charge >= 0.3 is 0 Å². The van der Waals surface area contributed by atoms with Crippen molar-refractivity contribution >= 4 is 5.91 Å². The molecule has 5 nitrogen and oxygen atoms in total.